The number of benzene rings is 1. The Morgan fingerprint density at radius 3 is 2.69 bits per heavy atom. The Balaban J connectivity index is 2.47. The molecule has 0 aliphatic carbocycles. The van der Waals surface area contributed by atoms with E-state index in [2.05, 4.69) is 21.0 Å². The fraction of sp³-hybridized carbons (Fsp3) is 0.167. The third kappa shape index (κ3) is 2.07. The topological polar surface area (TPSA) is 34.9 Å². The van der Waals surface area contributed by atoms with Crippen LogP contribution in [-0.2, 0) is 0 Å². The zero-order valence-electron chi connectivity index (χ0n) is 9.07. The number of carbonyl (C=O) groups excluding carboxylic acids is 1. The van der Waals surface area contributed by atoms with E-state index in [1.54, 1.807) is 23.9 Å². The summed E-state index contributed by atoms with van der Waals surface area (Å²) in [5.74, 6) is 0.0592. The molecule has 0 radical (unpaired) electrons. The van der Waals surface area contributed by atoms with Crippen LogP contribution in [0.5, 0.6) is 0 Å². The Labute approximate surface area is 102 Å². The first-order valence-corrected chi connectivity index (χ1v) is 5.69. The van der Waals surface area contributed by atoms with Crippen LogP contribution in [0, 0.1) is 6.92 Å². The molecule has 0 spiro atoms. The lowest BCUT2D eigenvalue weighted by molar-refractivity contribution is 0.101. The van der Waals surface area contributed by atoms with Gasteiger partial charge in [-0.25, -0.2) is 4.68 Å². The highest BCUT2D eigenvalue weighted by Crippen LogP contribution is 2.22. The standard InChI is InChI=1S/C12H11BrN2O/c1-8-6-14-15(7-8)12-4-3-10(9(2)16)5-11(12)13/h3-7H,1-2H3. The molecule has 0 saturated carbocycles. The molecule has 0 bridgehead atoms. The molecule has 82 valence electrons. The van der Waals surface area contributed by atoms with E-state index in [0.717, 1.165) is 15.7 Å². The van der Waals surface area contributed by atoms with Crippen LogP contribution in [0.3, 0.4) is 0 Å². The Hall–Kier alpha value is -1.42. The van der Waals surface area contributed by atoms with Gasteiger partial charge < -0.3 is 0 Å². The molecule has 0 saturated heterocycles. The van der Waals surface area contributed by atoms with Gasteiger partial charge in [0.25, 0.3) is 0 Å². The number of Topliss-reactive ketones (excluding diaryl/α,β-unsaturated/α-hetero) is 1. The molecule has 0 fully saturated rings. The molecule has 2 aromatic rings. The summed E-state index contributed by atoms with van der Waals surface area (Å²) in [4.78, 5) is 11.2. The summed E-state index contributed by atoms with van der Waals surface area (Å²) in [5, 5.41) is 4.22. The molecule has 0 aliphatic heterocycles. The number of aryl methyl sites for hydroxylation is 1. The van der Waals surface area contributed by atoms with E-state index < -0.39 is 0 Å². The van der Waals surface area contributed by atoms with Gasteiger partial charge in [0.05, 0.1) is 11.9 Å². The maximum absolute atomic E-state index is 11.2. The van der Waals surface area contributed by atoms with E-state index in [9.17, 15) is 4.79 Å². The van der Waals surface area contributed by atoms with E-state index in [-0.39, 0.29) is 5.78 Å². The molecule has 4 heteroatoms. The number of hydrogen-bond acceptors (Lipinski definition) is 2. The van der Waals surface area contributed by atoms with Gasteiger partial charge >= 0.3 is 0 Å². The maximum atomic E-state index is 11.2. The average Bonchev–Trinajstić information content (AvgIpc) is 2.64. The summed E-state index contributed by atoms with van der Waals surface area (Å²) < 4.78 is 2.65. The number of carbonyl (C=O) groups is 1. The SMILES string of the molecule is CC(=O)c1ccc(-n2cc(C)cn2)c(Br)c1. The molecule has 0 atom stereocenters. The van der Waals surface area contributed by atoms with E-state index in [1.165, 1.54) is 0 Å². The second-order valence-electron chi connectivity index (χ2n) is 3.68. The molecule has 0 unspecified atom stereocenters. The fourth-order valence-electron chi connectivity index (χ4n) is 1.46. The minimum absolute atomic E-state index is 0.0592. The van der Waals surface area contributed by atoms with Crippen LogP contribution in [-0.4, -0.2) is 15.6 Å². The Kier molecular flexibility index (Phi) is 2.92. The van der Waals surface area contributed by atoms with Crippen molar-refractivity contribution in [1.82, 2.24) is 9.78 Å². The summed E-state index contributed by atoms with van der Waals surface area (Å²) in [6.07, 6.45) is 3.73. The van der Waals surface area contributed by atoms with Crippen LogP contribution < -0.4 is 0 Å². The number of rotatable bonds is 2. The molecular formula is C12H11BrN2O. The molecule has 0 amide bonds. The highest BCUT2D eigenvalue weighted by Gasteiger charge is 2.06. The van der Waals surface area contributed by atoms with Gasteiger partial charge in [0.1, 0.15) is 0 Å². The van der Waals surface area contributed by atoms with Crippen LogP contribution in [0.15, 0.2) is 35.1 Å². The van der Waals surface area contributed by atoms with Crippen molar-refractivity contribution < 1.29 is 4.79 Å². The molecule has 2 rings (SSSR count). The quantitative estimate of drug-likeness (QED) is 0.791. The second kappa shape index (κ2) is 4.22. The van der Waals surface area contributed by atoms with Gasteiger partial charge in [0.2, 0.25) is 0 Å². The molecule has 16 heavy (non-hydrogen) atoms. The third-order valence-electron chi connectivity index (χ3n) is 2.31. The molecule has 1 heterocycles. The van der Waals surface area contributed by atoms with Crippen molar-refractivity contribution in [2.24, 2.45) is 0 Å². The molecular weight excluding hydrogens is 268 g/mol. The van der Waals surface area contributed by atoms with Crippen LogP contribution in [0.25, 0.3) is 5.69 Å². The zero-order valence-corrected chi connectivity index (χ0v) is 10.7. The maximum Gasteiger partial charge on any atom is 0.159 e. The summed E-state index contributed by atoms with van der Waals surface area (Å²) in [7, 11) is 0. The van der Waals surface area contributed by atoms with Gasteiger partial charge in [-0.2, -0.15) is 5.10 Å². The number of aromatic nitrogens is 2. The third-order valence-corrected chi connectivity index (χ3v) is 2.95. The van der Waals surface area contributed by atoms with Crippen molar-refractivity contribution in [3.8, 4) is 5.69 Å². The van der Waals surface area contributed by atoms with E-state index in [1.807, 2.05) is 25.3 Å². The number of nitrogens with zero attached hydrogens (tertiary/aromatic N) is 2. The molecule has 1 aromatic carbocycles. The summed E-state index contributed by atoms with van der Waals surface area (Å²) in [5.41, 5.74) is 2.72. The average molecular weight is 279 g/mol. The lowest BCUT2D eigenvalue weighted by Gasteiger charge is -2.05. The largest absolute Gasteiger partial charge is 0.295 e. The van der Waals surface area contributed by atoms with Crippen LogP contribution in [0.1, 0.15) is 22.8 Å². The highest BCUT2D eigenvalue weighted by atomic mass is 79.9. The number of ketones is 1. The van der Waals surface area contributed by atoms with Crippen molar-refractivity contribution in [2.45, 2.75) is 13.8 Å². The van der Waals surface area contributed by atoms with E-state index in [4.69, 9.17) is 0 Å². The van der Waals surface area contributed by atoms with Crippen molar-refractivity contribution in [1.29, 1.82) is 0 Å². The van der Waals surface area contributed by atoms with E-state index >= 15 is 0 Å². The van der Waals surface area contributed by atoms with E-state index in [0.29, 0.717) is 5.56 Å². The van der Waals surface area contributed by atoms with Crippen molar-refractivity contribution >= 4 is 21.7 Å². The lowest BCUT2D eigenvalue weighted by Crippen LogP contribution is -1.98. The van der Waals surface area contributed by atoms with Crippen molar-refractivity contribution in [2.75, 3.05) is 0 Å². The van der Waals surface area contributed by atoms with Crippen LogP contribution in [0.2, 0.25) is 0 Å². The van der Waals surface area contributed by atoms with Gasteiger partial charge in [-0.3, -0.25) is 4.79 Å². The Morgan fingerprint density at radius 1 is 1.44 bits per heavy atom. The summed E-state index contributed by atoms with van der Waals surface area (Å²) >= 11 is 3.45. The van der Waals surface area contributed by atoms with Crippen molar-refractivity contribution in [3.63, 3.8) is 0 Å². The first-order valence-electron chi connectivity index (χ1n) is 4.90. The van der Waals surface area contributed by atoms with Gasteiger partial charge in [-0.15, -0.1) is 0 Å². The number of halogens is 1. The fourth-order valence-corrected chi connectivity index (χ4v) is 2.02. The summed E-state index contributed by atoms with van der Waals surface area (Å²) in [6, 6.07) is 5.50. The van der Waals surface area contributed by atoms with Gasteiger partial charge in [-0.1, -0.05) is 0 Å². The number of hydrogen-bond donors (Lipinski definition) is 0. The molecule has 0 aliphatic rings. The molecule has 0 N–H and O–H groups in total. The zero-order chi connectivity index (χ0) is 11.7. The van der Waals surface area contributed by atoms with Crippen LogP contribution in [0.4, 0.5) is 0 Å². The Bertz CT molecular complexity index is 546. The highest BCUT2D eigenvalue weighted by molar-refractivity contribution is 9.10. The predicted molar refractivity (Wildman–Crippen MR) is 66.0 cm³/mol. The van der Waals surface area contributed by atoms with Crippen molar-refractivity contribution in [3.05, 3.63) is 46.2 Å². The van der Waals surface area contributed by atoms with Gasteiger partial charge in [0, 0.05) is 16.2 Å². The second-order valence-corrected chi connectivity index (χ2v) is 4.54. The normalized spacial score (nSPS) is 10.4. The van der Waals surface area contributed by atoms with Gasteiger partial charge in [-0.05, 0) is 53.5 Å². The van der Waals surface area contributed by atoms with Crippen LogP contribution >= 0.6 is 15.9 Å². The minimum Gasteiger partial charge on any atom is -0.295 e. The van der Waals surface area contributed by atoms with Gasteiger partial charge in [0.15, 0.2) is 5.78 Å². The first-order chi connectivity index (χ1) is 7.58. The minimum atomic E-state index is 0.0592. The predicted octanol–water partition coefficient (Wildman–Crippen LogP) is 3.15. The smallest absolute Gasteiger partial charge is 0.159 e. The Morgan fingerprint density at radius 2 is 2.19 bits per heavy atom. The first kappa shape index (κ1) is 11.1. The summed E-state index contributed by atoms with van der Waals surface area (Å²) in [6.45, 7) is 3.54. The monoisotopic (exact) mass is 278 g/mol. The molecule has 1 aromatic heterocycles. The lowest BCUT2D eigenvalue weighted by atomic mass is 10.1. The molecule has 3 nitrogen and oxygen atoms in total.